The Hall–Kier alpha value is -1.75. The van der Waals surface area contributed by atoms with E-state index in [1.807, 2.05) is 11.8 Å². The van der Waals surface area contributed by atoms with Gasteiger partial charge in [0.2, 0.25) is 0 Å². The Morgan fingerprint density at radius 2 is 2.00 bits per heavy atom. The summed E-state index contributed by atoms with van der Waals surface area (Å²) in [7, 11) is 0. The monoisotopic (exact) mass is 306 g/mol. The molecule has 3 nitrogen and oxygen atoms in total. The van der Waals surface area contributed by atoms with Gasteiger partial charge in [-0.1, -0.05) is 13.3 Å². The number of halogens is 1. The molecule has 5 heteroatoms. The summed E-state index contributed by atoms with van der Waals surface area (Å²) in [5.74, 6) is -0.307. The lowest BCUT2D eigenvalue weighted by atomic mass is 10.2. The number of hydrogen-bond donors (Lipinski definition) is 0. The van der Waals surface area contributed by atoms with Gasteiger partial charge in [0, 0.05) is 24.0 Å². The summed E-state index contributed by atoms with van der Waals surface area (Å²) in [6.07, 6.45) is 2.05. The van der Waals surface area contributed by atoms with E-state index >= 15 is 0 Å². The van der Waals surface area contributed by atoms with Crippen LogP contribution in [0.4, 0.5) is 4.39 Å². The van der Waals surface area contributed by atoms with Crippen LogP contribution in [0.5, 0.6) is 0 Å². The summed E-state index contributed by atoms with van der Waals surface area (Å²) < 4.78 is 12.9. The maximum atomic E-state index is 12.9. The summed E-state index contributed by atoms with van der Waals surface area (Å²) >= 11 is 1.41. The van der Waals surface area contributed by atoms with Gasteiger partial charge in [-0.15, -0.1) is 11.3 Å². The van der Waals surface area contributed by atoms with Crippen LogP contribution in [0.15, 0.2) is 29.6 Å². The second-order valence-electron chi connectivity index (χ2n) is 4.78. The second kappa shape index (κ2) is 7.31. The van der Waals surface area contributed by atoms with E-state index in [2.05, 4.69) is 11.9 Å². The molecule has 1 amide bonds. The Balaban J connectivity index is 2.14. The summed E-state index contributed by atoms with van der Waals surface area (Å²) in [5.41, 5.74) is 1.30. The molecule has 0 N–H and O–H groups in total. The minimum absolute atomic E-state index is 0.0319. The Morgan fingerprint density at radius 1 is 1.29 bits per heavy atom. The van der Waals surface area contributed by atoms with Gasteiger partial charge in [-0.25, -0.2) is 9.37 Å². The molecule has 0 aliphatic rings. The predicted molar refractivity (Wildman–Crippen MR) is 84.0 cm³/mol. The molecule has 0 saturated carbocycles. The van der Waals surface area contributed by atoms with E-state index in [4.69, 9.17) is 0 Å². The second-order valence-corrected chi connectivity index (χ2v) is 5.64. The summed E-state index contributed by atoms with van der Waals surface area (Å²) in [6, 6.07) is 6.16. The molecule has 0 radical (unpaired) electrons. The first kappa shape index (κ1) is 15.6. The molecule has 2 rings (SSSR count). The van der Waals surface area contributed by atoms with Crippen molar-refractivity contribution in [3.8, 4) is 10.6 Å². The van der Waals surface area contributed by atoms with Crippen LogP contribution in [0, 0.1) is 5.82 Å². The minimum atomic E-state index is -0.275. The van der Waals surface area contributed by atoms with Crippen LogP contribution in [0.1, 0.15) is 37.2 Å². The fourth-order valence-corrected chi connectivity index (χ4v) is 2.81. The zero-order chi connectivity index (χ0) is 15.2. The lowest BCUT2D eigenvalue weighted by Crippen LogP contribution is -2.31. The van der Waals surface area contributed by atoms with Crippen molar-refractivity contribution in [1.82, 2.24) is 9.88 Å². The first-order chi connectivity index (χ1) is 10.2. The van der Waals surface area contributed by atoms with Gasteiger partial charge in [0.25, 0.3) is 5.91 Å². The Bertz CT molecular complexity index is 595. The standard InChI is InChI=1S/C16H19FN2OS/c1-3-5-10-19(4-2)16(20)14-11-21-15(18-14)12-6-8-13(17)9-7-12/h6-9,11H,3-5,10H2,1-2H3. The van der Waals surface area contributed by atoms with Crippen LogP contribution >= 0.6 is 11.3 Å². The normalized spacial score (nSPS) is 10.6. The van der Waals surface area contributed by atoms with Gasteiger partial charge in [-0.3, -0.25) is 4.79 Å². The van der Waals surface area contributed by atoms with E-state index in [9.17, 15) is 9.18 Å². The molecule has 0 fully saturated rings. The molecular weight excluding hydrogens is 287 g/mol. The zero-order valence-corrected chi connectivity index (χ0v) is 13.1. The fraction of sp³-hybridized carbons (Fsp3) is 0.375. The fourth-order valence-electron chi connectivity index (χ4n) is 2.01. The summed E-state index contributed by atoms with van der Waals surface area (Å²) in [5, 5.41) is 2.51. The average Bonchev–Trinajstić information content (AvgIpc) is 2.98. The van der Waals surface area contributed by atoms with Crippen LogP contribution < -0.4 is 0 Å². The van der Waals surface area contributed by atoms with Gasteiger partial charge < -0.3 is 4.90 Å². The van der Waals surface area contributed by atoms with E-state index in [0.717, 1.165) is 30.0 Å². The Morgan fingerprint density at radius 3 is 2.62 bits per heavy atom. The number of carbonyl (C=O) groups is 1. The van der Waals surface area contributed by atoms with Crippen molar-refractivity contribution < 1.29 is 9.18 Å². The number of nitrogens with zero attached hydrogens (tertiary/aromatic N) is 2. The van der Waals surface area contributed by atoms with Gasteiger partial charge in [-0.05, 0) is 37.6 Å². The molecule has 0 aliphatic carbocycles. The Kier molecular flexibility index (Phi) is 5.44. The highest BCUT2D eigenvalue weighted by Gasteiger charge is 2.17. The molecule has 0 bridgehead atoms. The first-order valence-corrected chi connectivity index (χ1v) is 8.04. The van der Waals surface area contributed by atoms with Gasteiger partial charge in [0.05, 0.1) is 0 Å². The van der Waals surface area contributed by atoms with E-state index < -0.39 is 0 Å². The lowest BCUT2D eigenvalue weighted by Gasteiger charge is -2.19. The van der Waals surface area contributed by atoms with Crippen molar-refractivity contribution in [2.45, 2.75) is 26.7 Å². The highest BCUT2D eigenvalue weighted by atomic mass is 32.1. The number of hydrogen-bond acceptors (Lipinski definition) is 3. The van der Waals surface area contributed by atoms with Crippen LogP contribution in [0.25, 0.3) is 10.6 Å². The summed E-state index contributed by atoms with van der Waals surface area (Å²) in [6.45, 7) is 5.52. The van der Waals surface area contributed by atoms with Crippen molar-refractivity contribution >= 4 is 17.2 Å². The van der Waals surface area contributed by atoms with Crippen LogP contribution in [-0.2, 0) is 0 Å². The number of carbonyl (C=O) groups excluding carboxylic acids is 1. The molecule has 1 heterocycles. The molecule has 0 aliphatic heterocycles. The first-order valence-electron chi connectivity index (χ1n) is 7.16. The SMILES string of the molecule is CCCCN(CC)C(=O)c1csc(-c2ccc(F)cc2)n1. The minimum Gasteiger partial charge on any atom is -0.338 e. The van der Waals surface area contributed by atoms with Crippen molar-refractivity contribution in [2.75, 3.05) is 13.1 Å². The maximum absolute atomic E-state index is 12.9. The van der Waals surface area contributed by atoms with Gasteiger partial charge >= 0.3 is 0 Å². The molecule has 21 heavy (non-hydrogen) atoms. The smallest absolute Gasteiger partial charge is 0.273 e. The van der Waals surface area contributed by atoms with Gasteiger partial charge in [0.1, 0.15) is 16.5 Å². The molecule has 2 aromatic rings. The van der Waals surface area contributed by atoms with E-state index in [1.165, 1.54) is 23.5 Å². The quantitative estimate of drug-likeness (QED) is 0.801. The van der Waals surface area contributed by atoms with Crippen molar-refractivity contribution in [1.29, 1.82) is 0 Å². The Labute approximate surface area is 128 Å². The van der Waals surface area contributed by atoms with Crippen molar-refractivity contribution in [2.24, 2.45) is 0 Å². The number of benzene rings is 1. The third-order valence-electron chi connectivity index (χ3n) is 3.26. The third-order valence-corrected chi connectivity index (χ3v) is 4.16. The largest absolute Gasteiger partial charge is 0.338 e. The molecule has 0 saturated heterocycles. The highest BCUT2D eigenvalue weighted by molar-refractivity contribution is 7.13. The van der Waals surface area contributed by atoms with Crippen molar-refractivity contribution in [3.63, 3.8) is 0 Å². The molecule has 0 spiro atoms. The predicted octanol–water partition coefficient (Wildman–Crippen LogP) is 4.21. The highest BCUT2D eigenvalue weighted by Crippen LogP contribution is 2.24. The zero-order valence-electron chi connectivity index (χ0n) is 12.3. The topological polar surface area (TPSA) is 33.2 Å². The number of amides is 1. The van der Waals surface area contributed by atoms with Crippen LogP contribution in [0.3, 0.4) is 0 Å². The summed E-state index contributed by atoms with van der Waals surface area (Å²) in [4.78, 5) is 18.6. The molecule has 1 aromatic heterocycles. The van der Waals surface area contributed by atoms with Gasteiger partial charge in [-0.2, -0.15) is 0 Å². The van der Waals surface area contributed by atoms with E-state index in [-0.39, 0.29) is 11.7 Å². The average molecular weight is 306 g/mol. The molecule has 0 unspecified atom stereocenters. The number of unbranched alkanes of at least 4 members (excludes halogenated alkanes) is 1. The number of aromatic nitrogens is 1. The van der Waals surface area contributed by atoms with Gasteiger partial charge in [0.15, 0.2) is 0 Å². The van der Waals surface area contributed by atoms with Crippen LogP contribution in [-0.4, -0.2) is 28.9 Å². The lowest BCUT2D eigenvalue weighted by molar-refractivity contribution is 0.0757. The molecular formula is C16H19FN2OS. The van der Waals surface area contributed by atoms with E-state index in [0.29, 0.717) is 12.2 Å². The van der Waals surface area contributed by atoms with Crippen LogP contribution in [0.2, 0.25) is 0 Å². The van der Waals surface area contributed by atoms with E-state index in [1.54, 1.807) is 17.5 Å². The van der Waals surface area contributed by atoms with Crippen molar-refractivity contribution in [3.05, 3.63) is 41.2 Å². The third kappa shape index (κ3) is 3.88. The molecule has 1 aromatic carbocycles. The number of thiazole rings is 1. The molecule has 112 valence electrons. The molecule has 0 atom stereocenters. The maximum Gasteiger partial charge on any atom is 0.273 e. The number of rotatable bonds is 6.